The van der Waals surface area contributed by atoms with Gasteiger partial charge < -0.3 is 15.4 Å². The molecular formula is C18H25N5O3. The number of hydrogen-bond donors (Lipinski definition) is 2. The van der Waals surface area contributed by atoms with Crippen molar-refractivity contribution in [3.05, 3.63) is 42.1 Å². The van der Waals surface area contributed by atoms with Crippen LogP contribution < -0.4 is 10.6 Å². The van der Waals surface area contributed by atoms with Crippen LogP contribution in [0.2, 0.25) is 0 Å². The van der Waals surface area contributed by atoms with Crippen LogP contribution in [0.1, 0.15) is 32.2 Å². The van der Waals surface area contributed by atoms with Crippen LogP contribution in [-0.4, -0.2) is 39.2 Å². The predicted octanol–water partition coefficient (Wildman–Crippen LogP) is 1.96. The average Bonchev–Trinajstić information content (AvgIpc) is 3.04. The third-order valence-electron chi connectivity index (χ3n) is 3.85. The van der Waals surface area contributed by atoms with Crippen molar-refractivity contribution >= 4 is 12.0 Å². The molecule has 2 aromatic rings. The smallest absolute Gasteiger partial charge is 0.407 e. The topological polar surface area (TPSA) is 98.1 Å². The molecule has 0 bridgehead atoms. The summed E-state index contributed by atoms with van der Waals surface area (Å²) < 4.78 is 6.72. The van der Waals surface area contributed by atoms with E-state index in [1.54, 1.807) is 19.3 Å². The third kappa shape index (κ3) is 5.05. The lowest BCUT2D eigenvalue weighted by molar-refractivity contribution is -0.124. The number of nitrogens with zero attached hydrogens (tertiary/aromatic N) is 3. The Morgan fingerprint density at radius 3 is 2.65 bits per heavy atom. The summed E-state index contributed by atoms with van der Waals surface area (Å²) >= 11 is 0. The van der Waals surface area contributed by atoms with E-state index in [-0.39, 0.29) is 18.4 Å². The van der Waals surface area contributed by atoms with Crippen molar-refractivity contribution in [3.8, 4) is 5.82 Å². The fraction of sp³-hybridized carbons (Fsp3) is 0.444. The number of aromatic nitrogens is 3. The summed E-state index contributed by atoms with van der Waals surface area (Å²) in [5.74, 6) is 1.24. The van der Waals surface area contributed by atoms with E-state index < -0.39 is 12.1 Å². The van der Waals surface area contributed by atoms with Crippen molar-refractivity contribution in [1.82, 2.24) is 25.2 Å². The Labute approximate surface area is 153 Å². The molecule has 0 radical (unpaired) electrons. The van der Waals surface area contributed by atoms with E-state index >= 15 is 0 Å². The van der Waals surface area contributed by atoms with Gasteiger partial charge in [0.25, 0.3) is 0 Å². The minimum absolute atomic E-state index is 0.0685. The summed E-state index contributed by atoms with van der Waals surface area (Å²) in [6.07, 6.45) is 4.63. The monoisotopic (exact) mass is 359 g/mol. The zero-order valence-corrected chi connectivity index (χ0v) is 15.5. The van der Waals surface area contributed by atoms with Crippen molar-refractivity contribution in [1.29, 1.82) is 0 Å². The minimum atomic E-state index is -0.661. The molecule has 1 unspecified atom stereocenters. The van der Waals surface area contributed by atoms with Gasteiger partial charge in [0.15, 0.2) is 0 Å². The second-order valence-electron chi connectivity index (χ2n) is 6.17. The maximum atomic E-state index is 12.5. The highest BCUT2D eigenvalue weighted by molar-refractivity contribution is 5.85. The molecule has 0 aliphatic heterocycles. The molecule has 0 fully saturated rings. The quantitative estimate of drug-likeness (QED) is 0.787. The van der Waals surface area contributed by atoms with Gasteiger partial charge in [0.2, 0.25) is 5.91 Å². The molecule has 2 heterocycles. The number of pyridine rings is 1. The number of nitrogens with one attached hydrogen (secondary N) is 2. The van der Waals surface area contributed by atoms with E-state index in [1.165, 1.54) is 0 Å². The maximum absolute atomic E-state index is 12.5. The number of alkyl carbamates (subject to hydrolysis) is 1. The maximum Gasteiger partial charge on any atom is 0.407 e. The SMILES string of the molecule is CCOC(=O)NC(C(=O)NCc1ccnc(-n2ccnc2C)c1)C(C)C. The van der Waals surface area contributed by atoms with Gasteiger partial charge in [0, 0.05) is 25.1 Å². The van der Waals surface area contributed by atoms with Gasteiger partial charge in [-0.15, -0.1) is 0 Å². The van der Waals surface area contributed by atoms with Gasteiger partial charge in [-0.3, -0.25) is 9.36 Å². The van der Waals surface area contributed by atoms with Crippen LogP contribution in [0.3, 0.4) is 0 Å². The first-order valence-corrected chi connectivity index (χ1v) is 8.58. The zero-order valence-electron chi connectivity index (χ0n) is 15.5. The molecule has 0 aromatic carbocycles. The van der Waals surface area contributed by atoms with Gasteiger partial charge in [0.05, 0.1) is 6.61 Å². The Morgan fingerprint density at radius 2 is 2.04 bits per heavy atom. The van der Waals surface area contributed by atoms with Crippen LogP contribution in [-0.2, 0) is 16.1 Å². The Balaban J connectivity index is 2.01. The van der Waals surface area contributed by atoms with Crippen LogP contribution in [0.15, 0.2) is 30.7 Å². The summed E-state index contributed by atoms with van der Waals surface area (Å²) in [4.78, 5) is 32.6. The first kappa shape index (κ1) is 19.4. The van der Waals surface area contributed by atoms with Crippen molar-refractivity contribution < 1.29 is 14.3 Å². The molecule has 8 heteroatoms. The molecule has 0 aliphatic rings. The number of carbonyl (C=O) groups excluding carboxylic acids is 2. The van der Waals surface area contributed by atoms with Crippen molar-refractivity contribution in [2.24, 2.45) is 5.92 Å². The molecule has 0 aliphatic carbocycles. The highest BCUT2D eigenvalue weighted by Crippen LogP contribution is 2.10. The molecule has 26 heavy (non-hydrogen) atoms. The molecule has 140 valence electrons. The van der Waals surface area contributed by atoms with E-state index in [0.29, 0.717) is 6.54 Å². The number of aryl methyl sites for hydroxylation is 1. The van der Waals surface area contributed by atoms with Gasteiger partial charge >= 0.3 is 6.09 Å². The second-order valence-corrected chi connectivity index (χ2v) is 6.17. The van der Waals surface area contributed by atoms with E-state index in [9.17, 15) is 9.59 Å². The van der Waals surface area contributed by atoms with Crippen LogP contribution in [0.4, 0.5) is 4.79 Å². The Kier molecular flexibility index (Phi) is 6.71. The molecule has 2 N–H and O–H groups in total. The first-order valence-electron chi connectivity index (χ1n) is 8.58. The van der Waals surface area contributed by atoms with E-state index in [1.807, 2.05) is 43.7 Å². The minimum Gasteiger partial charge on any atom is -0.450 e. The third-order valence-corrected chi connectivity index (χ3v) is 3.85. The Hall–Kier alpha value is -2.90. The lowest BCUT2D eigenvalue weighted by Gasteiger charge is -2.21. The number of rotatable bonds is 7. The van der Waals surface area contributed by atoms with Gasteiger partial charge in [-0.05, 0) is 37.5 Å². The fourth-order valence-corrected chi connectivity index (χ4v) is 2.46. The summed E-state index contributed by atoms with van der Waals surface area (Å²) in [5.41, 5.74) is 0.898. The van der Waals surface area contributed by atoms with Crippen molar-refractivity contribution in [2.45, 2.75) is 40.3 Å². The normalized spacial score (nSPS) is 11.9. The molecule has 2 aromatic heterocycles. The molecular weight excluding hydrogens is 334 g/mol. The molecule has 0 spiro atoms. The van der Waals surface area contributed by atoms with Crippen LogP contribution in [0, 0.1) is 12.8 Å². The molecule has 0 saturated heterocycles. The van der Waals surface area contributed by atoms with Crippen LogP contribution in [0.5, 0.6) is 0 Å². The standard InChI is InChI=1S/C18H25N5O3/c1-5-26-18(25)22-16(12(2)3)17(24)21-11-14-6-7-20-15(10-14)23-9-8-19-13(23)4/h6-10,12,16H,5,11H2,1-4H3,(H,21,24)(H,22,25). The highest BCUT2D eigenvalue weighted by Gasteiger charge is 2.24. The van der Waals surface area contributed by atoms with E-state index in [0.717, 1.165) is 17.2 Å². The lowest BCUT2D eigenvalue weighted by Crippen LogP contribution is -2.49. The Morgan fingerprint density at radius 1 is 1.27 bits per heavy atom. The first-order chi connectivity index (χ1) is 12.4. The lowest BCUT2D eigenvalue weighted by atomic mass is 10.0. The van der Waals surface area contributed by atoms with Gasteiger partial charge in [-0.1, -0.05) is 13.8 Å². The molecule has 1 atom stereocenters. The number of carbonyl (C=O) groups is 2. The average molecular weight is 359 g/mol. The second kappa shape index (κ2) is 8.98. The Bertz CT molecular complexity index is 757. The number of imidazole rings is 1. The van der Waals surface area contributed by atoms with E-state index in [4.69, 9.17) is 4.74 Å². The number of hydrogen-bond acceptors (Lipinski definition) is 5. The molecule has 8 nitrogen and oxygen atoms in total. The summed E-state index contributed by atoms with van der Waals surface area (Å²) in [6.45, 7) is 7.92. The van der Waals surface area contributed by atoms with Gasteiger partial charge in [-0.2, -0.15) is 0 Å². The largest absolute Gasteiger partial charge is 0.450 e. The zero-order chi connectivity index (χ0) is 19.1. The number of ether oxygens (including phenoxy) is 1. The molecule has 2 rings (SSSR count). The summed E-state index contributed by atoms with van der Waals surface area (Å²) in [7, 11) is 0. The molecule has 0 saturated carbocycles. The number of amides is 2. The fourth-order valence-electron chi connectivity index (χ4n) is 2.46. The summed E-state index contributed by atoms with van der Waals surface area (Å²) in [5, 5.41) is 5.45. The van der Waals surface area contributed by atoms with Crippen molar-refractivity contribution in [3.63, 3.8) is 0 Å². The van der Waals surface area contributed by atoms with Gasteiger partial charge in [0.1, 0.15) is 17.7 Å². The van der Waals surface area contributed by atoms with Crippen LogP contribution in [0.25, 0.3) is 5.82 Å². The van der Waals surface area contributed by atoms with E-state index in [2.05, 4.69) is 20.6 Å². The van der Waals surface area contributed by atoms with Crippen molar-refractivity contribution in [2.75, 3.05) is 6.61 Å². The highest BCUT2D eigenvalue weighted by atomic mass is 16.5. The predicted molar refractivity (Wildman–Crippen MR) is 96.7 cm³/mol. The summed E-state index contributed by atoms with van der Waals surface area (Å²) in [6, 6.07) is 3.06. The van der Waals surface area contributed by atoms with Crippen LogP contribution >= 0.6 is 0 Å². The molecule has 2 amide bonds. The van der Waals surface area contributed by atoms with Gasteiger partial charge in [-0.25, -0.2) is 14.8 Å².